The molecule has 1 aliphatic carbocycles. The minimum Gasteiger partial charge on any atom is -0.317 e. The molecule has 1 aliphatic rings. The van der Waals surface area contributed by atoms with Crippen LogP contribution >= 0.6 is 12.4 Å². The highest BCUT2D eigenvalue weighted by molar-refractivity contribution is 5.85. The SMILES string of the molecule is CC(C)C(N)C#CC1CC1.Cl. The number of hydrogen-bond donors (Lipinski definition) is 1. The molecular formula is C9H16ClN. The molecule has 0 aromatic heterocycles. The normalized spacial score (nSPS) is 18.2. The molecule has 0 aliphatic heterocycles. The Kier molecular flexibility index (Phi) is 4.56. The van der Waals surface area contributed by atoms with Gasteiger partial charge in [-0.15, -0.1) is 12.4 Å². The van der Waals surface area contributed by atoms with Gasteiger partial charge in [0.2, 0.25) is 0 Å². The van der Waals surface area contributed by atoms with Crippen molar-refractivity contribution < 1.29 is 0 Å². The van der Waals surface area contributed by atoms with Crippen molar-refractivity contribution in [1.29, 1.82) is 0 Å². The van der Waals surface area contributed by atoms with Crippen LogP contribution in [0.5, 0.6) is 0 Å². The van der Waals surface area contributed by atoms with Crippen molar-refractivity contribution in [3.05, 3.63) is 0 Å². The summed E-state index contributed by atoms with van der Waals surface area (Å²) in [5.41, 5.74) is 5.72. The lowest BCUT2D eigenvalue weighted by atomic mass is 10.1. The molecule has 64 valence electrons. The van der Waals surface area contributed by atoms with Crippen molar-refractivity contribution in [3.8, 4) is 11.8 Å². The number of rotatable bonds is 1. The second-order valence-electron chi connectivity index (χ2n) is 3.33. The van der Waals surface area contributed by atoms with E-state index < -0.39 is 0 Å². The van der Waals surface area contributed by atoms with Gasteiger partial charge < -0.3 is 5.73 Å². The summed E-state index contributed by atoms with van der Waals surface area (Å²) in [5.74, 6) is 7.41. The molecular weight excluding hydrogens is 158 g/mol. The predicted octanol–water partition coefficient (Wildman–Crippen LogP) is 1.80. The first-order valence-corrected chi connectivity index (χ1v) is 3.97. The summed E-state index contributed by atoms with van der Waals surface area (Å²) in [6.07, 6.45) is 2.58. The number of hydrogen-bond acceptors (Lipinski definition) is 1. The molecule has 1 atom stereocenters. The average molecular weight is 174 g/mol. The van der Waals surface area contributed by atoms with Gasteiger partial charge in [-0.2, -0.15) is 0 Å². The molecule has 0 aromatic carbocycles. The molecule has 0 heterocycles. The molecule has 2 heteroatoms. The lowest BCUT2D eigenvalue weighted by Gasteiger charge is -2.06. The van der Waals surface area contributed by atoms with Crippen LogP contribution in [0.25, 0.3) is 0 Å². The molecule has 11 heavy (non-hydrogen) atoms. The van der Waals surface area contributed by atoms with Crippen LogP contribution in [-0.4, -0.2) is 6.04 Å². The molecule has 0 aromatic rings. The Bertz CT molecular complexity index is 162. The minimum atomic E-state index is 0. The van der Waals surface area contributed by atoms with Gasteiger partial charge in [0.25, 0.3) is 0 Å². The Hall–Kier alpha value is -0.190. The molecule has 1 fully saturated rings. The third-order valence-corrected chi connectivity index (χ3v) is 1.75. The van der Waals surface area contributed by atoms with E-state index in [9.17, 15) is 0 Å². The van der Waals surface area contributed by atoms with E-state index in [4.69, 9.17) is 5.73 Å². The van der Waals surface area contributed by atoms with E-state index >= 15 is 0 Å². The smallest absolute Gasteiger partial charge is 0.0687 e. The van der Waals surface area contributed by atoms with Crippen LogP contribution in [0.2, 0.25) is 0 Å². The van der Waals surface area contributed by atoms with Gasteiger partial charge in [-0.25, -0.2) is 0 Å². The molecule has 0 spiro atoms. The summed E-state index contributed by atoms with van der Waals surface area (Å²) in [5, 5.41) is 0. The Morgan fingerprint density at radius 2 is 1.91 bits per heavy atom. The Morgan fingerprint density at radius 3 is 2.27 bits per heavy atom. The van der Waals surface area contributed by atoms with Gasteiger partial charge in [0, 0.05) is 5.92 Å². The van der Waals surface area contributed by atoms with E-state index in [-0.39, 0.29) is 18.4 Å². The second-order valence-corrected chi connectivity index (χ2v) is 3.33. The highest BCUT2D eigenvalue weighted by Gasteiger charge is 2.18. The Balaban J connectivity index is 0.000001000. The van der Waals surface area contributed by atoms with Crippen molar-refractivity contribution in [3.63, 3.8) is 0 Å². The second kappa shape index (κ2) is 4.64. The first-order chi connectivity index (χ1) is 4.70. The molecule has 1 nitrogen and oxygen atoms in total. The zero-order valence-corrected chi connectivity index (χ0v) is 7.95. The van der Waals surface area contributed by atoms with Crippen LogP contribution in [0, 0.1) is 23.7 Å². The van der Waals surface area contributed by atoms with Gasteiger partial charge in [-0.3, -0.25) is 0 Å². The van der Waals surface area contributed by atoms with E-state index in [1.165, 1.54) is 12.8 Å². The molecule has 1 rings (SSSR count). The summed E-state index contributed by atoms with van der Waals surface area (Å²) in [6.45, 7) is 4.21. The monoisotopic (exact) mass is 173 g/mol. The molecule has 1 saturated carbocycles. The first kappa shape index (κ1) is 10.8. The topological polar surface area (TPSA) is 26.0 Å². The third-order valence-electron chi connectivity index (χ3n) is 1.75. The van der Waals surface area contributed by atoms with Gasteiger partial charge in [0.15, 0.2) is 0 Å². The zero-order chi connectivity index (χ0) is 7.56. The van der Waals surface area contributed by atoms with Crippen molar-refractivity contribution >= 4 is 12.4 Å². The third kappa shape index (κ3) is 4.29. The lowest BCUT2D eigenvalue weighted by Crippen LogP contribution is -2.23. The molecule has 0 amide bonds. The summed E-state index contributed by atoms with van der Waals surface area (Å²) >= 11 is 0. The predicted molar refractivity (Wildman–Crippen MR) is 50.6 cm³/mol. The van der Waals surface area contributed by atoms with Crippen LogP contribution in [0.1, 0.15) is 26.7 Å². The van der Waals surface area contributed by atoms with Crippen LogP contribution in [0.15, 0.2) is 0 Å². The zero-order valence-electron chi connectivity index (χ0n) is 7.13. The van der Waals surface area contributed by atoms with Gasteiger partial charge in [-0.1, -0.05) is 25.7 Å². The summed E-state index contributed by atoms with van der Waals surface area (Å²) < 4.78 is 0. The largest absolute Gasteiger partial charge is 0.317 e. The van der Waals surface area contributed by atoms with Crippen molar-refractivity contribution in [1.82, 2.24) is 0 Å². The van der Waals surface area contributed by atoms with Crippen LogP contribution in [0.3, 0.4) is 0 Å². The summed E-state index contributed by atoms with van der Waals surface area (Å²) in [4.78, 5) is 0. The van der Waals surface area contributed by atoms with Gasteiger partial charge >= 0.3 is 0 Å². The minimum absolute atomic E-state index is 0. The van der Waals surface area contributed by atoms with Gasteiger partial charge in [0.1, 0.15) is 0 Å². The maximum absolute atomic E-state index is 5.72. The van der Waals surface area contributed by atoms with Crippen LogP contribution in [0.4, 0.5) is 0 Å². The van der Waals surface area contributed by atoms with Crippen molar-refractivity contribution in [2.24, 2.45) is 17.6 Å². The number of nitrogens with two attached hydrogens (primary N) is 1. The fourth-order valence-corrected chi connectivity index (χ4v) is 0.608. The highest BCUT2D eigenvalue weighted by atomic mass is 35.5. The fourth-order valence-electron chi connectivity index (χ4n) is 0.608. The average Bonchev–Trinajstić information content (AvgIpc) is 2.64. The molecule has 0 bridgehead atoms. The van der Waals surface area contributed by atoms with Crippen molar-refractivity contribution in [2.45, 2.75) is 32.7 Å². The summed E-state index contributed by atoms with van der Waals surface area (Å²) in [7, 11) is 0. The molecule has 0 saturated heterocycles. The Labute approximate surface area is 75.1 Å². The molecule has 2 N–H and O–H groups in total. The lowest BCUT2D eigenvalue weighted by molar-refractivity contribution is 0.584. The maximum atomic E-state index is 5.72. The van der Waals surface area contributed by atoms with Crippen molar-refractivity contribution in [2.75, 3.05) is 0 Å². The van der Waals surface area contributed by atoms with E-state index in [1.807, 2.05) is 0 Å². The summed E-state index contributed by atoms with van der Waals surface area (Å²) in [6, 6.07) is 0.0839. The van der Waals surface area contributed by atoms with E-state index in [0.717, 1.165) is 0 Å². The fraction of sp³-hybridized carbons (Fsp3) is 0.778. The highest BCUT2D eigenvalue weighted by Crippen LogP contribution is 2.27. The van der Waals surface area contributed by atoms with E-state index in [0.29, 0.717) is 11.8 Å². The molecule has 1 unspecified atom stereocenters. The standard InChI is InChI=1S/C9H15N.ClH/c1-7(2)9(10)6-5-8-3-4-8;/h7-9H,3-4,10H2,1-2H3;1H. The van der Waals surface area contributed by atoms with Crippen LogP contribution in [-0.2, 0) is 0 Å². The number of halogens is 1. The van der Waals surface area contributed by atoms with E-state index in [1.54, 1.807) is 0 Å². The van der Waals surface area contributed by atoms with Gasteiger partial charge in [0.05, 0.1) is 6.04 Å². The maximum Gasteiger partial charge on any atom is 0.0687 e. The quantitative estimate of drug-likeness (QED) is 0.602. The van der Waals surface area contributed by atoms with Crippen LogP contribution < -0.4 is 5.73 Å². The first-order valence-electron chi connectivity index (χ1n) is 3.97. The van der Waals surface area contributed by atoms with Gasteiger partial charge in [-0.05, 0) is 18.8 Å². The van der Waals surface area contributed by atoms with E-state index in [2.05, 4.69) is 25.7 Å². The Morgan fingerprint density at radius 1 is 1.36 bits per heavy atom. The molecule has 0 radical (unpaired) electrons.